The number of piperazine rings is 1. The summed E-state index contributed by atoms with van der Waals surface area (Å²) in [5.74, 6) is 0.612. The molecule has 1 saturated heterocycles. The van der Waals surface area contributed by atoms with Crippen LogP contribution in [0.1, 0.15) is 10.6 Å². The van der Waals surface area contributed by atoms with E-state index in [9.17, 15) is 4.79 Å². The van der Waals surface area contributed by atoms with E-state index in [0.29, 0.717) is 22.9 Å². The number of nitrogens with two attached hydrogens (primary N) is 1. The molecule has 0 bridgehead atoms. The van der Waals surface area contributed by atoms with Gasteiger partial charge in [-0.2, -0.15) is 0 Å². The third kappa shape index (κ3) is 3.71. The fraction of sp³-hybridized carbons (Fsp3) is 0.227. The lowest BCUT2D eigenvalue weighted by molar-refractivity contribution is 0.0974. The number of hydrogen-bond donors (Lipinski definition) is 2. The van der Waals surface area contributed by atoms with Crippen LogP contribution in [-0.2, 0) is 0 Å². The fourth-order valence-corrected chi connectivity index (χ4v) is 3.75. The number of likely N-dealkylation sites (N-methyl/N-ethyl adjacent to an activating group) is 1. The van der Waals surface area contributed by atoms with Gasteiger partial charge in [0.05, 0.1) is 6.20 Å². The third-order valence-corrected chi connectivity index (χ3v) is 5.53. The summed E-state index contributed by atoms with van der Waals surface area (Å²) in [6, 6.07) is 11.6. The second kappa shape index (κ2) is 7.77. The Morgan fingerprint density at radius 2 is 1.84 bits per heavy atom. The van der Waals surface area contributed by atoms with Crippen LogP contribution in [0.3, 0.4) is 0 Å². The van der Waals surface area contributed by atoms with Gasteiger partial charge in [-0.1, -0.05) is 0 Å². The number of nitrogens with one attached hydrogen (secondary N) is 1. The van der Waals surface area contributed by atoms with Gasteiger partial charge in [-0.05, 0) is 43.4 Å². The van der Waals surface area contributed by atoms with E-state index in [0.717, 1.165) is 31.9 Å². The van der Waals surface area contributed by atoms with Gasteiger partial charge < -0.3 is 25.3 Å². The van der Waals surface area contributed by atoms with Crippen LogP contribution >= 0.6 is 0 Å². The molecule has 0 unspecified atom stereocenters. The second-order valence-electron chi connectivity index (χ2n) is 7.60. The number of hydrogen-bond acceptors (Lipinski definition) is 7. The summed E-state index contributed by atoms with van der Waals surface area (Å²) in [5, 5.41) is 3.35. The molecule has 4 aromatic rings. The van der Waals surface area contributed by atoms with E-state index in [1.807, 2.05) is 22.7 Å². The van der Waals surface area contributed by atoms with Gasteiger partial charge in [0, 0.05) is 49.9 Å². The normalized spacial score (nSPS) is 14.8. The number of furan rings is 1. The molecule has 9 heteroatoms. The summed E-state index contributed by atoms with van der Waals surface area (Å²) < 4.78 is 7.41. The molecule has 0 aliphatic carbocycles. The fourth-order valence-electron chi connectivity index (χ4n) is 3.75. The van der Waals surface area contributed by atoms with Crippen LogP contribution in [0.5, 0.6) is 0 Å². The van der Waals surface area contributed by atoms with E-state index in [1.54, 1.807) is 24.5 Å². The van der Waals surface area contributed by atoms with Gasteiger partial charge in [-0.3, -0.25) is 9.20 Å². The van der Waals surface area contributed by atoms with E-state index >= 15 is 0 Å². The van der Waals surface area contributed by atoms with E-state index < -0.39 is 5.91 Å². The highest BCUT2D eigenvalue weighted by Crippen LogP contribution is 2.27. The summed E-state index contributed by atoms with van der Waals surface area (Å²) in [5.41, 5.74) is 8.76. The van der Waals surface area contributed by atoms with Gasteiger partial charge in [-0.15, -0.1) is 0 Å². The number of amides is 1. The molecule has 1 aliphatic rings. The Hall–Kier alpha value is -3.85. The van der Waals surface area contributed by atoms with Crippen LogP contribution in [0.4, 0.5) is 17.2 Å². The van der Waals surface area contributed by atoms with Crippen molar-refractivity contribution in [3.8, 4) is 11.5 Å². The number of benzene rings is 1. The zero-order valence-corrected chi connectivity index (χ0v) is 17.2. The van der Waals surface area contributed by atoms with Crippen molar-refractivity contribution in [1.29, 1.82) is 0 Å². The summed E-state index contributed by atoms with van der Waals surface area (Å²) in [6.07, 6.45) is 5.19. The molecule has 158 valence electrons. The zero-order valence-electron chi connectivity index (χ0n) is 17.2. The van der Waals surface area contributed by atoms with E-state index in [2.05, 4.69) is 44.3 Å². The van der Waals surface area contributed by atoms with Crippen molar-refractivity contribution in [1.82, 2.24) is 19.3 Å². The molecule has 9 nitrogen and oxygen atoms in total. The number of carbonyl (C=O) groups is 1. The lowest BCUT2D eigenvalue weighted by Crippen LogP contribution is -2.44. The van der Waals surface area contributed by atoms with Crippen molar-refractivity contribution in [3.05, 3.63) is 60.7 Å². The quantitative estimate of drug-likeness (QED) is 0.514. The number of primary amides is 1. The highest BCUT2D eigenvalue weighted by molar-refractivity contribution is 5.90. The Morgan fingerprint density at radius 3 is 2.55 bits per heavy atom. The molecule has 0 saturated carbocycles. The largest absolute Gasteiger partial charge is 0.449 e. The number of anilines is 3. The molecule has 1 fully saturated rings. The average molecular weight is 417 g/mol. The monoisotopic (exact) mass is 417 g/mol. The number of rotatable bonds is 5. The maximum absolute atomic E-state index is 11.3. The van der Waals surface area contributed by atoms with Crippen LogP contribution in [0, 0.1) is 0 Å². The number of carbonyl (C=O) groups excluding carboxylic acids is 1. The standard InChI is InChI=1S/C22H23N7O2/c1-27-10-12-28(13-11-27)16-4-2-15(3-5-16)26-21-22-24-8-9-29(22)17(14-25-21)18-6-7-19(31-18)20(23)30/h2-9,14H,10-13H2,1H3,(H2,23,30)(H,25,26). The number of fused-ring (bicyclic) bond motifs is 1. The summed E-state index contributed by atoms with van der Waals surface area (Å²) in [4.78, 5) is 25.0. The molecule has 5 rings (SSSR count). The Morgan fingerprint density at radius 1 is 1.06 bits per heavy atom. The van der Waals surface area contributed by atoms with Gasteiger partial charge in [0.25, 0.3) is 5.91 Å². The second-order valence-corrected chi connectivity index (χ2v) is 7.60. The molecule has 3 aromatic heterocycles. The minimum Gasteiger partial charge on any atom is -0.449 e. The van der Waals surface area contributed by atoms with E-state index in [-0.39, 0.29) is 5.76 Å². The smallest absolute Gasteiger partial charge is 0.284 e. The Bertz CT molecular complexity index is 1220. The average Bonchev–Trinajstić information content (AvgIpc) is 3.46. The zero-order chi connectivity index (χ0) is 21.4. The van der Waals surface area contributed by atoms with E-state index in [4.69, 9.17) is 10.2 Å². The van der Waals surface area contributed by atoms with Crippen LogP contribution < -0.4 is 16.0 Å². The number of aromatic nitrogens is 3. The maximum Gasteiger partial charge on any atom is 0.284 e. The van der Waals surface area contributed by atoms with Gasteiger partial charge in [-0.25, -0.2) is 9.97 Å². The molecular formula is C22H23N7O2. The lowest BCUT2D eigenvalue weighted by Gasteiger charge is -2.34. The van der Waals surface area contributed by atoms with Crippen molar-refractivity contribution in [2.75, 3.05) is 43.4 Å². The van der Waals surface area contributed by atoms with Crippen molar-refractivity contribution >= 4 is 28.7 Å². The molecule has 1 amide bonds. The summed E-state index contributed by atoms with van der Waals surface area (Å²) in [7, 11) is 2.15. The Kier molecular flexibility index (Phi) is 4.79. The van der Waals surface area contributed by atoms with Crippen molar-refractivity contribution in [3.63, 3.8) is 0 Å². The minimum absolute atomic E-state index is 0.103. The van der Waals surface area contributed by atoms with Crippen molar-refractivity contribution < 1.29 is 9.21 Å². The van der Waals surface area contributed by atoms with Crippen LogP contribution in [0.25, 0.3) is 17.1 Å². The van der Waals surface area contributed by atoms with E-state index in [1.165, 1.54) is 5.69 Å². The molecule has 4 heterocycles. The molecule has 0 spiro atoms. The molecule has 1 aromatic carbocycles. The number of nitrogens with zero attached hydrogens (tertiary/aromatic N) is 5. The van der Waals surface area contributed by atoms with Crippen LogP contribution in [-0.4, -0.2) is 58.4 Å². The van der Waals surface area contributed by atoms with Gasteiger partial charge in [0.2, 0.25) is 0 Å². The number of imidazole rings is 1. The molecule has 0 radical (unpaired) electrons. The van der Waals surface area contributed by atoms with Crippen LogP contribution in [0.15, 0.2) is 59.4 Å². The van der Waals surface area contributed by atoms with Crippen molar-refractivity contribution in [2.45, 2.75) is 0 Å². The minimum atomic E-state index is -0.612. The van der Waals surface area contributed by atoms with Gasteiger partial charge in [0.1, 0.15) is 5.69 Å². The maximum atomic E-state index is 11.3. The highest BCUT2D eigenvalue weighted by Gasteiger charge is 2.16. The summed E-state index contributed by atoms with van der Waals surface area (Å²) in [6.45, 7) is 4.21. The molecule has 0 atom stereocenters. The first-order chi connectivity index (χ1) is 15.1. The molecule has 3 N–H and O–H groups in total. The SMILES string of the molecule is CN1CCN(c2ccc(Nc3ncc(-c4ccc(C(N)=O)o4)n4ccnc34)cc2)CC1. The Balaban J connectivity index is 1.39. The van der Waals surface area contributed by atoms with Gasteiger partial charge in [0.15, 0.2) is 23.0 Å². The van der Waals surface area contributed by atoms with Crippen LogP contribution in [0.2, 0.25) is 0 Å². The van der Waals surface area contributed by atoms with Gasteiger partial charge >= 0.3 is 0 Å². The topological polar surface area (TPSA) is 105 Å². The van der Waals surface area contributed by atoms with Crippen molar-refractivity contribution in [2.24, 2.45) is 5.73 Å². The predicted molar refractivity (Wildman–Crippen MR) is 119 cm³/mol. The Labute approximate surface area is 179 Å². The third-order valence-electron chi connectivity index (χ3n) is 5.53. The first-order valence-electron chi connectivity index (χ1n) is 10.1. The predicted octanol–water partition coefficient (Wildman–Crippen LogP) is 2.58. The lowest BCUT2D eigenvalue weighted by atomic mass is 10.2. The summed E-state index contributed by atoms with van der Waals surface area (Å²) >= 11 is 0. The molecular weight excluding hydrogens is 394 g/mol. The first kappa shape index (κ1) is 19.1. The molecule has 1 aliphatic heterocycles. The first-order valence-corrected chi connectivity index (χ1v) is 10.1. The highest BCUT2D eigenvalue weighted by atomic mass is 16.3. The molecule has 31 heavy (non-hydrogen) atoms.